The van der Waals surface area contributed by atoms with Crippen LogP contribution in [0.15, 0.2) is 54.6 Å². The zero-order valence-corrected chi connectivity index (χ0v) is 14.4. The Bertz CT molecular complexity index is 856. The average Bonchev–Trinajstić information content (AvgIpc) is 2.55. The minimum Gasteiger partial charge on any atom is -0.381 e. The molecule has 0 radical (unpaired) electrons. The van der Waals surface area contributed by atoms with E-state index in [4.69, 9.17) is 0 Å². The maximum atomic E-state index is 14.0. The minimum atomic E-state index is -0.169. The van der Waals surface area contributed by atoms with Crippen LogP contribution >= 0.6 is 0 Å². The Morgan fingerprint density at radius 1 is 0.917 bits per heavy atom. The maximum Gasteiger partial charge on any atom is 0.131 e. The third kappa shape index (κ3) is 3.57. The number of fused-ring (bicyclic) bond motifs is 1. The number of benzene rings is 3. The largest absolute Gasteiger partial charge is 0.381 e. The van der Waals surface area contributed by atoms with Gasteiger partial charge in [0.2, 0.25) is 0 Å². The van der Waals surface area contributed by atoms with Crippen molar-refractivity contribution in [3.8, 4) is 0 Å². The monoisotopic (exact) mass is 322 g/mol. The summed E-state index contributed by atoms with van der Waals surface area (Å²) < 4.78 is 14.0. The van der Waals surface area contributed by atoms with Crippen LogP contribution in [-0.4, -0.2) is 19.0 Å². The van der Waals surface area contributed by atoms with Crippen molar-refractivity contribution in [2.24, 2.45) is 0 Å². The molecule has 3 heteroatoms. The first-order valence-corrected chi connectivity index (χ1v) is 8.19. The minimum absolute atomic E-state index is 0.169. The highest BCUT2D eigenvalue weighted by molar-refractivity contribution is 5.86. The Kier molecular flexibility index (Phi) is 4.81. The second-order valence-electron chi connectivity index (χ2n) is 6.50. The summed E-state index contributed by atoms with van der Waals surface area (Å²) >= 11 is 0. The molecule has 0 aliphatic heterocycles. The van der Waals surface area contributed by atoms with E-state index in [0.29, 0.717) is 11.9 Å². The first-order valence-electron chi connectivity index (χ1n) is 8.19. The molecule has 0 fully saturated rings. The van der Waals surface area contributed by atoms with Gasteiger partial charge in [-0.2, -0.15) is 0 Å². The summed E-state index contributed by atoms with van der Waals surface area (Å²) in [7, 11) is 4.14. The van der Waals surface area contributed by atoms with Crippen molar-refractivity contribution in [3.05, 3.63) is 77.1 Å². The lowest BCUT2D eigenvalue weighted by molar-refractivity contribution is 0.403. The molecule has 2 nitrogen and oxygen atoms in total. The summed E-state index contributed by atoms with van der Waals surface area (Å²) in [5, 5.41) is 5.16. The SMILES string of the molecule is Cc1ccc(NCc2ccc(F)c3ccccc23)c(CN(C)C)c1. The molecule has 0 bridgehead atoms. The second-order valence-corrected chi connectivity index (χ2v) is 6.50. The van der Waals surface area contributed by atoms with Gasteiger partial charge in [-0.1, -0.05) is 48.0 Å². The van der Waals surface area contributed by atoms with Crippen LogP contribution in [0.4, 0.5) is 10.1 Å². The summed E-state index contributed by atoms with van der Waals surface area (Å²) in [6.07, 6.45) is 0. The number of nitrogens with one attached hydrogen (secondary N) is 1. The van der Waals surface area contributed by atoms with E-state index in [1.54, 1.807) is 6.07 Å². The van der Waals surface area contributed by atoms with E-state index in [1.807, 2.05) is 30.3 Å². The van der Waals surface area contributed by atoms with Crippen LogP contribution in [0.1, 0.15) is 16.7 Å². The molecule has 3 aromatic rings. The summed E-state index contributed by atoms with van der Waals surface area (Å²) in [5.41, 5.74) is 4.75. The Labute approximate surface area is 142 Å². The lowest BCUT2D eigenvalue weighted by Crippen LogP contribution is -2.13. The highest BCUT2D eigenvalue weighted by atomic mass is 19.1. The molecule has 0 saturated heterocycles. The van der Waals surface area contributed by atoms with Crippen LogP contribution in [-0.2, 0) is 13.1 Å². The van der Waals surface area contributed by atoms with Gasteiger partial charge in [-0.3, -0.25) is 0 Å². The van der Waals surface area contributed by atoms with Gasteiger partial charge in [0.05, 0.1) is 0 Å². The van der Waals surface area contributed by atoms with E-state index < -0.39 is 0 Å². The third-order valence-electron chi connectivity index (χ3n) is 4.18. The molecule has 3 aromatic carbocycles. The van der Waals surface area contributed by atoms with Gasteiger partial charge in [-0.15, -0.1) is 0 Å². The number of rotatable bonds is 5. The zero-order chi connectivity index (χ0) is 17.1. The van der Waals surface area contributed by atoms with Crippen molar-refractivity contribution >= 4 is 16.5 Å². The zero-order valence-electron chi connectivity index (χ0n) is 14.4. The summed E-state index contributed by atoms with van der Waals surface area (Å²) in [5.74, 6) is -0.169. The Morgan fingerprint density at radius 3 is 2.42 bits per heavy atom. The predicted molar refractivity (Wildman–Crippen MR) is 99.8 cm³/mol. The molecule has 0 atom stereocenters. The molecule has 0 saturated carbocycles. The highest BCUT2D eigenvalue weighted by Crippen LogP contribution is 2.24. The van der Waals surface area contributed by atoms with Crippen molar-refractivity contribution in [1.29, 1.82) is 0 Å². The summed E-state index contributed by atoms with van der Waals surface area (Å²) in [4.78, 5) is 2.16. The fourth-order valence-corrected chi connectivity index (χ4v) is 3.04. The normalized spacial score (nSPS) is 11.2. The molecule has 0 aromatic heterocycles. The second kappa shape index (κ2) is 7.02. The van der Waals surface area contributed by atoms with Crippen LogP contribution in [0.5, 0.6) is 0 Å². The van der Waals surface area contributed by atoms with E-state index in [-0.39, 0.29) is 5.82 Å². The molecule has 3 rings (SSSR count). The van der Waals surface area contributed by atoms with Crippen molar-refractivity contribution in [1.82, 2.24) is 4.90 Å². The third-order valence-corrected chi connectivity index (χ3v) is 4.18. The number of anilines is 1. The van der Waals surface area contributed by atoms with Crippen LogP contribution in [0.25, 0.3) is 10.8 Å². The number of halogens is 1. The van der Waals surface area contributed by atoms with Gasteiger partial charge in [0, 0.05) is 24.2 Å². The van der Waals surface area contributed by atoms with Crippen molar-refractivity contribution in [2.45, 2.75) is 20.0 Å². The smallest absolute Gasteiger partial charge is 0.131 e. The number of hydrogen-bond donors (Lipinski definition) is 1. The molecule has 0 amide bonds. The quantitative estimate of drug-likeness (QED) is 0.714. The standard InChI is InChI=1S/C21H23FN2/c1-15-8-11-21(17(12-15)14-24(2)3)23-13-16-9-10-20(22)19-7-5-4-6-18(16)19/h4-12,23H,13-14H2,1-3H3. The number of nitrogens with zero attached hydrogens (tertiary/aromatic N) is 1. The van der Waals surface area contributed by atoms with E-state index >= 15 is 0 Å². The van der Waals surface area contributed by atoms with Gasteiger partial charge < -0.3 is 10.2 Å². The molecule has 124 valence electrons. The van der Waals surface area contributed by atoms with Gasteiger partial charge in [0.15, 0.2) is 0 Å². The number of hydrogen-bond acceptors (Lipinski definition) is 2. The van der Waals surface area contributed by atoms with Gasteiger partial charge in [-0.05, 0) is 49.7 Å². The summed E-state index contributed by atoms with van der Waals surface area (Å²) in [6, 6.07) is 17.5. The predicted octanol–water partition coefficient (Wildman–Crippen LogP) is 4.96. The Morgan fingerprint density at radius 2 is 1.67 bits per heavy atom. The molecule has 0 spiro atoms. The molecular formula is C21H23FN2. The lowest BCUT2D eigenvalue weighted by atomic mass is 10.0. The first-order chi connectivity index (χ1) is 11.5. The molecule has 0 unspecified atom stereocenters. The lowest BCUT2D eigenvalue weighted by Gasteiger charge is -2.17. The molecule has 1 N–H and O–H groups in total. The van der Waals surface area contributed by atoms with Crippen LogP contribution in [0.2, 0.25) is 0 Å². The van der Waals surface area contributed by atoms with Crippen LogP contribution < -0.4 is 5.32 Å². The Hall–Kier alpha value is -2.39. The fourth-order valence-electron chi connectivity index (χ4n) is 3.04. The molecule has 0 aliphatic carbocycles. The van der Waals surface area contributed by atoms with Gasteiger partial charge in [-0.25, -0.2) is 4.39 Å². The first kappa shape index (κ1) is 16.5. The van der Waals surface area contributed by atoms with Crippen molar-refractivity contribution in [3.63, 3.8) is 0 Å². The summed E-state index contributed by atoms with van der Waals surface area (Å²) in [6.45, 7) is 3.66. The van der Waals surface area contributed by atoms with Gasteiger partial charge in [0.1, 0.15) is 5.82 Å². The average molecular weight is 322 g/mol. The molecule has 0 aliphatic rings. The maximum absolute atomic E-state index is 14.0. The fraction of sp³-hybridized carbons (Fsp3) is 0.238. The van der Waals surface area contributed by atoms with E-state index in [0.717, 1.165) is 23.2 Å². The Balaban J connectivity index is 1.88. The van der Waals surface area contributed by atoms with Gasteiger partial charge in [0.25, 0.3) is 0 Å². The van der Waals surface area contributed by atoms with Crippen molar-refractivity contribution in [2.75, 3.05) is 19.4 Å². The molecular weight excluding hydrogens is 299 g/mol. The van der Waals surface area contributed by atoms with E-state index in [2.05, 4.69) is 49.4 Å². The number of aryl methyl sites for hydroxylation is 1. The topological polar surface area (TPSA) is 15.3 Å². The molecule has 24 heavy (non-hydrogen) atoms. The van der Waals surface area contributed by atoms with E-state index in [9.17, 15) is 4.39 Å². The van der Waals surface area contributed by atoms with Gasteiger partial charge >= 0.3 is 0 Å². The molecule has 0 heterocycles. The van der Waals surface area contributed by atoms with Crippen molar-refractivity contribution < 1.29 is 4.39 Å². The highest BCUT2D eigenvalue weighted by Gasteiger charge is 2.08. The van der Waals surface area contributed by atoms with E-state index in [1.165, 1.54) is 11.1 Å². The van der Waals surface area contributed by atoms with Crippen LogP contribution in [0.3, 0.4) is 0 Å². The van der Waals surface area contributed by atoms with Crippen LogP contribution in [0, 0.1) is 12.7 Å².